The standard InChI is InChI=1S/C11H20N2O2/c1-2-3-4-5-11(14)13-8-6-10(12-15)7-9-13/h15H,2-9H2,1H3. The number of likely N-dealkylation sites (tertiary alicyclic amines) is 1. The fourth-order valence-electron chi connectivity index (χ4n) is 1.80. The minimum Gasteiger partial charge on any atom is -0.411 e. The van der Waals surface area contributed by atoms with Gasteiger partial charge in [0.1, 0.15) is 0 Å². The van der Waals surface area contributed by atoms with Crippen LogP contribution < -0.4 is 0 Å². The Kier molecular flexibility index (Phi) is 5.15. The molecule has 1 rings (SSSR count). The Balaban J connectivity index is 2.24. The van der Waals surface area contributed by atoms with Crippen LogP contribution in [0.1, 0.15) is 45.4 Å². The highest BCUT2D eigenvalue weighted by atomic mass is 16.4. The number of unbranched alkanes of at least 4 members (excludes halogenated alkanes) is 2. The van der Waals surface area contributed by atoms with Gasteiger partial charge in [0.15, 0.2) is 0 Å². The van der Waals surface area contributed by atoms with Crippen molar-refractivity contribution in [1.29, 1.82) is 0 Å². The van der Waals surface area contributed by atoms with Crippen LogP contribution in [0.25, 0.3) is 0 Å². The first-order valence-electron chi connectivity index (χ1n) is 5.75. The number of rotatable bonds is 4. The summed E-state index contributed by atoms with van der Waals surface area (Å²) in [6.45, 7) is 3.56. The molecule has 0 aromatic rings. The lowest BCUT2D eigenvalue weighted by molar-refractivity contribution is -0.131. The molecule has 0 aromatic carbocycles. The highest BCUT2D eigenvalue weighted by Gasteiger charge is 2.19. The number of carbonyl (C=O) groups is 1. The van der Waals surface area contributed by atoms with Gasteiger partial charge in [-0.1, -0.05) is 24.9 Å². The molecule has 1 saturated heterocycles. The monoisotopic (exact) mass is 212 g/mol. The molecule has 0 spiro atoms. The Morgan fingerprint density at radius 1 is 1.40 bits per heavy atom. The molecule has 1 aliphatic rings. The van der Waals surface area contributed by atoms with E-state index in [-0.39, 0.29) is 5.91 Å². The van der Waals surface area contributed by atoms with Gasteiger partial charge in [-0.2, -0.15) is 0 Å². The van der Waals surface area contributed by atoms with Crippen LogP contribution in [0.15, 0.2) is 5.16 Å². The van der Waals surface area contributed by atoms with Crippen LogP contribution in [0.3, 0.4) is 0 Å². The van der Waals surface area contributed by atoms with E-state index in [1.54, 1.807) is 0 Å². The van der Waals surface area contributed by atoms with E-state index in [9.17, 15) is 4.79 Å². The first kappa shape index (κ1) is 12.0. The Bertz CT molecular complexity index is 229. The summed E-state index contributed by atoms with van der Waals surface area (Å²) in [6.07, 6.45) is 5.37. The summed E-state index contributed by atoms with van der Waals surface area (Å²) in [4.78, 5) is 13.6. The second kappa shape index (κ2) is 6.43. The largest absolute Gasteiger partial charge is 0.411 e. The molecule has 1 N–H and O–H groups in total. The second-order valence-electron chi connectivity index (χ2n) is 4.00. The highest BCUT2D eigenvalue weighted by Crippen LogP contribution is 2.10. The summed E-state index contributed by atoms with van der Waals surface area (Å²) in [6, 6.07) is 0. The van der Waals surface area contributed by atoms with E-state index >= 15 is 0 Å². The third kappa shape index (κ3) is 3.90. The van der Waals surface area contributed by atoms with Crippen molar-refractivity contribution in [3.63, 3.8) is 0 Å². The van der Waals surface area contributed by atoms with E-state index in [4.69, 9.17) is 5.21 Å². The van der Waals surface area contributed by atoms with Crippen molar-refractivity contribution in [1.82, 2.24) is 4.90 Å². The van der Waals surface area contributed by atoms with Gasteiger partial charge in [-0.3, -0.25) is 4.79 Å². The number of amides is 1. The maximum absolute atomic E-state index is 11.7. The maximum atomic E-state index is 11.7. The predicted octanol–water partition coefficient (Wildman–Crippen LogP) is 2.02. The van der Waals surface area contributed by atoms with E-state index < -0.39 is 0 Å². The van der Waals surface area contributed by atoms with E-state index in [1.807, 2.05) is 4.90 Å². The molecule has 15 heavy (non-hydrogen) atoms. The Hall–Kier alpha value is -1.06. The van der Waals surface area contributed by atoms with Gasteiger partial charge in [-0.15, -0.1) is 0 Å². The van der Waals surface area contributed by atoms with Gasteiger partial charge in [0, 0.05) is 32.4 Å². The first-order chi connectivity index (χ1) is 7.27. The molecule has 1 amide bonds. The minimum atomic E-state index is 0.250. The summed E-state index contributed by atoms with van der Waals surface area (Å²) < 4.78 is 0. The normalized spacial score (nSPS) is 16.6. The van der Waals surface area contributed by atoms with Crippen LogP contribution in [0.4, 0.5) is 0 Å². The zero-order chi connectivity index (χ0) is 11.1. The van der Waals surface area contributed by atoms with Crippen LogP contribution >= 0.6 is 0 Å². The number of hydrogen-bond donors (Lipinski definition) is 1. The molecule has 0 atom stereocenters. The molecule has 1 aliphatic heterocycles. The SMILES string of the molecule is CCCCCC(=O)N1CCC(=NO)CC1. The summed E-state index contributed by atoms with van der Waals surface area (Å²) in [5, 5.41) is 11.8. The average Bonchev–Trinajstić information content (AvgIpc) is 2.29. The molecule has 4 heteroatoms. The van der Waals surface area contributed by atoms with Crippen molar-refractivity contribution in [2.24, 2.45) is 5.16 Å². The molecule has 4 nitrogen and oxygen atoms in total. The number of oxime groups is 1. The summed E-state index contributed by atoms with van der Waals surface area (Å²) >= 11 is 0. The maximum Gasteiger partial charge on any atom is 0.222 e. The molecule has 1 heterocycles. The number of hydrogen-bond acceptors (Lipinski definition) is 3. The molecule has 0 aliphatic carbocycles. The van der Waals surface area contributed by atoms with Gasteiger partial charge >= 0.3 is 0 Å². The molecule has 0 radical (unpaired) electrons. The third-order valence-electron chi connectivity index (χ3n) is 2.83. The topological polar surface area (TPSA) is 52.9 Å². The lowest BCUT2D eigenvalue weighted by Gasteiger charge is -2.27. The van der Waals surface area contributed by atoms with Crippen molar-refractivity contribution in [2.45, 2.75) is 45.4 Å². The van der Waals surface area contributed by atoms with E-state index in [1.165, 1.54) is 0 Å². The zero-order valence-corrected chi connectivity index (χ0v) is 9.41. The van der Waals surface area contributed by atoms with E-state index in [2.05, 4.69) is 12.1 Å². The number of nitrogens with zero attached hydrogens (tertiary/aromatic N) is 2. The van der Waals surface area contributed by atoms with E-state index in [0.29, 0.717) is 19.5 Å². The van der Waals surface area contributed by atoms with Crippen molar-refractivity contribution >= 4 is 11.6 Å². The first-order valence-corrected chi connectivity index (χ1v) is 5.75. The van der Waals surface area contributed by atoms with Crippen LogP contribution in [-0.4, -0.2) is 34.8 Å². The highest BCUT2D eigenvalue weighted by molar-refractivity contribution is 5.87. The third-order valence-corrected chi connectivity index (χ3v) is 2.83. The lowest BCUT2D eigenvalue weighted by Crippen LogP contribution is -2.38. The van der Waals surface area contributed by atoms with Crippen LogP contribution in [-0.2, 0) is 4.79 Å². The Morgan fingerprint density at radius 2 is 2.07 bits per heavy atom. The van der Waals surface area contributed by atoms with Gasteiger partial charge in [0.05, 0.1) is 5.71 Å². The van der Waals surface area contributed by atoms with Gasteiger partial charge in [-0.25, -0.2) is 0 Å². The molecule has 0 unspecified atom stereocenters. The molecule has 0 saturated carbocycles. The molecule has 1 fully saturated rings. The van der Waals surface area contributed by atoms with Gasteiger partial charge in [0.25, 0.3) is 0 Å². The van der Waals surface area contributed by atoms with Crippen molar-refractivity contribution in [3.8, 4) is 0 Å². The fraction of sp³-hybridized carbons (Fsp3) is 0.818. The predicted molar refractivity (Wildman–Crippen MR) is 59.2 cm³/mol. The molecule has 0 bridgehead atoms. The minimum absolute atomic E-state index is 0.250. The fourth-order valence-corrected chi connectivity index (χ4v) is 1.80. The zero-order valence-electron chi connectivity index (χ0n) is 9.41. The van der Waals surface area contributed by atoms with Crippen LogP contribution in [0, 0.1) is 0 Å². The van der Waals surface area contributed by atoms with Crippen molar-refractivity contribution in [2.75, 3.05) is 13.1 Å². The Labute approximate surface area is 90.9 Å². The summed E-state index contributed by atoms with van der Waals surface area (Å²) in [7, 11) is 0. The van der Waals surface area contributed by atoms with Crippen LogP contribution in [0.2, 0.25) is 0 Å². The lowest BCUT2D eigenvalue weighted by atomic mass is 10.1. The summed E-state index contributed by atoms with van der Waals surface area (Å²) in [5.41, 5.74) is 0.813. The smallest absolute Gasteiger partial charge is 0.222 e. The number of carbonyl (C=O) groups excluding carboxylic acids is 1. The van der Waals surface area contributed by atoms with Crippen LogP contribution in [0.5, 0.6) is 0 Å². The van der Waals surface area contributed by atoms with Crippen molar-refractivity contribution < 1.29 is 10.0 Å². The van der Waals surface area contributed by atoms with E-state index in [0.717, 1.165) is 37.8 Å². The molecule has 0 aromatic heterocycles. The van der Waals surface area contributed by atoms with Crippen molar-refractivity contribution in [3.05, 3.63) is 0 Å². The number of piperidine rings is 1. The van der Waals surface area contributed by atoms with Gasteiger partial charge in [0.2, 0.25) is 5.91 Å². The van der Waals surface area contributed by atoms with Gasteiger partial charge < -0.3 is 10.1 Å². The van der Waals surface area contributed by atoms with Gasteiger partial charge in [-0.05, 0) is 6.42 Å². The molecular formula is C11H20N2O2. The Morgan fingerprint density at radius 3 is 2.60 bits per heavy atom. The molecule has 86 valence electrons. The average molecular weight is 212 g/mol. The second-order valence-corrected chi connectivity index (χ2v) is 4.00. The summed E-state index contributed by atoms with van der Waals surface area (Å²) in [5.74, 6) is 0.250. The quantitative estimate of drug-likeness (QED) is 0.440. The molecular weight excluding hydrogens is 192 g/mol.